The molecule has 2 heterocycles. The number of nitrogens with zero attached hydrogens (tertiary/aromatic N) is 2. The van der Waals surface area contributed by atoms with E-state index in [0.29, 0.717) is 0 Å². The Balaban J connectivity index is 0.000000204. The first-order valence-corrected chi connectivity index (χ1v) is 13.6. The van der Waals surface area contributed by atoms with Crippen molar-refractivity contribution >= 4 is 0 Å². The molecule has 1 radical (unpaired) electrons. The Morgan fingerprint density at radius 3 is 2.17 bits per heavy atom. The van der Waals surface area contributed by atoms with E-state index in [1.807, 2.05) is 61.7 Å². The zero-order valence-corrected chi connectivity index (χ0v) is 25.7. The number of benzene rings is 4. The normalized spacial score (nSPS) is 12.3. The molecule has 0 aliphatic heterocycles. The summed E-state index contributed by atoms with van der Waals surface area (Å²) < 4.78 is 0. The Bertz CT molecular complexity index is 1780. The number of hydrogen-bond donors (Lipinski definition) is 0. The standard InChI is InChI=1S/C26H20N.C12H10N.Ir/c1-26(2)23-11-7-6-10-21(23)22-13-12-20(16-24(22)26)25-17-19(14-15-27-25)18-8-4-3-5-9-18;1-10-6-5-9-12(13-10)11-7-3-2-4-8-11;/h3-11,13-17H,1-2H3;2-7,9H,1H3;/q2*-1;. The van der Waals surface area contributed by atoms with Crippen LogP contribution in [-0.4, -0.2) is 9.97 Å². The second-order valence-electron chi connectivity index (χ2n) is 10.6. The number of fused-ring (bicyclic) bond motifs is 3. The van der Waals surface area contributed by atoms with Crippen molar-refractivity contribution in [2.45, 2.75) is 26.2 Å². The van der Waals surface area contributed by atoms with Gasteiger partial charge in [0.1, 0.15) is 0 Å². The zero-order chi connectivity index (χ0) is 27.5. The summed E-state index contributed by atoms with van der Waals surface area (Å²) in [6.45, 7) is 6.59. The molecule has 0 amide bonds. The molecular weight excluding hydrogens is 677 g/mol. The maximum Gasteiger partial charge on any atom is 0.0266 e. The minimum atomic E-state index is -0.00713. The van der Waals surface area contributed by atoms with Crippen LogP contribution in [0.25, 0.3) is 44.8 Å². The Hall–Kier alpha value is -4.17. The van der Waals surface area contributed by atoms with Crippen LogP contribution in [0.1, 0.15) is 30.7 Å². The predicted octanol–water partition coefficient (Wildman–Crippen LogP) is 9.38. The van der Waals surface area contributed by atoms with E-state index >= 15 is 0 Å². The van der Waals surface area contributed by atoms with Gasteiger partial charge in [-0.15, -0.1) is 65.2 Å². The molecule has 6 aromatic rings. The Labute approximate surface area is 256 Å². The Kier molecular flexibility index (Phi) is 8.40. The van der Waals surface area contributed by atoms with E-state index < -0.39 is 0 Å². The summed E-state index contributed by atoms with van der Waals surface area (Å²) >= 11 is 0. The zero-order valence-electron chi connectivity index (χ0n) is 23.4. The van der Waals surface area contributed by atoms with Crippen molar-refractivity contribution in [1.29, 1.82) is 0 Å². The van der Waals surface area contributed by atoms with Crippen LogP contribution < -0.4 is 0 Å². The quantitative estimate of drug-likeness (QED) is 0.172. The molecule has 2 nitrogen and oxygen atoms in total. The van der Waals surface area contributed by atoms with Crippen molar-refractivity contribution in [3.8, 4) is 44.8 Å². The third kappa shape index (κ3) is 5.83. The van der Waals surface area contributed by atoms with E-state index in [2.05, 4.69) is 109 Å². The molecule has 4 aromatic carbocycles. The average Bonchev–Trinajstić information content (AvgIpc) is 3.24. The fourth-order valence-electron chi connectivity index (χ4n) is 5.42. The predicted molar refractivity (Wildman–Crippen MR) is 165 cm³/mol. The van der Waals surface area contributed by atoms with Gasteiger partial charge in [0.2, 0.25) is 0 Å². The number of rotatable bonds is 3. The fourth-order valence-corrected chi connectivity index (χ4v) is 5.42. The van der Waals surface area contributed by atoms with E-state index in [4.69, 9.17) is 0 Å². The molecule has 0 saturated heterocycles. The van der Waals surface area contributed by atoms with Gasteiger partial charge in [-0.05, 0) is 52.5 Å². The van der Waals surface area contributed by atoms with Gasteiger partial charge in [-0.3, -0.25) is 0 Å². The van der Waals surface area contributed by atoms with Crippen LogP contribution >= 0.6 is 0 Å². The van der Waals surface area contributed by atoms with E-state index in [1.165, 1.54) is 33.4 Å². The summed E-state index contributed by atoms with van der Waals surface area (Å²) in [6, 6.07) is 48.3. The largest absolute Gasteiger partial charge is 0.305 e. The first-order chi connectivity index (χ1) is 19.5. The second-order valence-corrected chi connectivity index (χ2v) is 10.6. The van der Waals surface area contributed by atoms with Gasteiger partial charge in [0, 0.05) is 32.0 Å². The fraction of sp³-hybridized carbons (Fsp3) is 0.105. The Morgan fingerprint density at radius 1 is 0.610 bits per heavy atom. The molecule has 1 aliphatic rings. The van der Waals surface area contributed by atoms with E-state index in [1.54, 1.807) is 0 Å². The van der Waals surface area contributed by atoms with Crippen molar-refractivity contribution in [3.63, 3.8) is 0 Å². The van der Waals surface area contributed by atoms with Crippen LogP contribution in [0.2, 0.25) is 0 Å². The van der Waals surface area contributed by atoms with Crippen LogP contribution in [0.5, 0.6) is 0 Å². The maximum atomic E-state index is 4.63. The monoisotopic (exact) mass is 707 g/mol. The molecule has 0 spiro atoms. The van der Waals surface area contributed by atoms with E-state index in [9.17, 15) is 0 Å². The molecule has 2 aromatic heterocycles. The first-order valence-electron chi connectivity index (χ1n) is 13.6. The Morgan fingerprint density at radius 2 is 1.39 bits per heavy atom. The van der Waals surface area contributed by atoms with Gasteiger partial charge in [-0.2, -0.15) is 0 Å². The number of aryl methyl sites for hydroxylation is 1. The van der Waals surface area contributed by atoms with Gasteiger partial charge in [0.15, 0.2) is 0 Å². The molecule has 0 saturated carbocycles. The molecule has 0 N–H and O–H groups in total. The van der Waals surface area contributed by atoms with Crippen molar-refractivity contribution in [1.82, 2.24) is 9.97 Å². The molecule has 0 unspecified atom stereocenters. The third-order valence-corrected chi connectivity index (χ3v) is 7.53. The van der Waals surface area contributed by atoms with E-state index in [-0.39, 0.29) is 25.5 Å². The minimum Gasteiger partial charge on any atom is -0.305 e. The maximum absolute atomic E-state index is 4.63. The van der Waals surface area contributed by atoms with Gasteiger partial charge < -0.3 is 9.97 Å². The molecule has 7 rings (SSSR count). The summed E-state index contributed by atoms with van der Waals surface area (Å²) in [4.78, 5) is 9.04. The molecule has 0 atom stereocenters. The second kappa shape index (κ2) is 12.1. The van der Waals surface area contributed by atoms with Crippen LogP contribution in [0.4, 0.5) is 0 Å². The van der Waals surface area contributed by atoms with Crippen molar-refractivity contribution in [2.24, 2.45) is 0 Å². The molecule has 1 aliphatic carbocycles. The first kappa shape index (κ1) is 28.4. The van der Waals surface area contributed by atoms with Gasteiger partial charge in [0.05, 0.1) is 0 Å². The SMILES string of the molecule is CC1(C)c2ccccc2-c2c[c-]c(-c3cc(-c4ccccc4)ccn3)cc21.Cc1cccc(-c2[c-]cccc2)n1.[Ir]. The van der Waals surface area contributed by atoms with Crippen LogP contribution in [0, 0.1) is 19.1 Å². The summed E-state index contributed by atoms with van der Waals surface area (Å²) in [5.41, 5.74) is 12.8. The molecular formula is C38H30IrN2-2. The summed E-state index contributed by atoms with van der Waals surface area (Å²) in [5, 5.41) is 0. The molecule has 0 bridgehead atoms. The summed E-state index contributed by atoms with van der Waals surface area (Å²) in [5.74, 6) is 0. The number of aromatic nitrogens is 2. The van der Waals surface area contributed by atoms with Gasteiger partial charge >= 0.3 is 0 Å². The van der Waals surface area contributed by atoms with Crippen molar-refractivity contribution in [3.05, 3.63) is 156 Å². The van der Waals surface area contributed by atoms with Crippen LogP contribution in [0.15, 0.2) is 128 Å². The molecule has 3 heteroatoms. The van der Waals surface area contributed by atoms with Gasteiger partial charge in [-0.1, -0.05) is 97.8 Å². The minimum absolute atomic E-state index is 0. The van der Waals surface area contributed by atoms with Gasteiger partial charge in [-0.25, -0.2) is 0 Å². The third-order valence-electron chi connectivity index (χ3n) is 7.53. The molecule has 203 valence electrons. The van der Waals surface area contributed by atoms with Gasteiger partial charge in [0.25, 0.3) is 0 Å². The smallest absolute Gasteiger partial charge is 0.0266 e. The summed E-state index contributed by atoms with van der Waals surface area (Å²) in [6.07, 6.45) is 1.89. The topological polar surface area (TPSA) is 25.8 Å². The van der Waals surface area contributed by atoms with Crippen molar-refractivity contribution < 1.29 is 20.1 Å². The van der Waals surface area contributed by atoms with Crippen LogP contribution in [-0.2, 0) is 25.5 Å². The van der Waals surface area contributed by atoms with Crippen LogP contribution in [0.3, 0.4) is 0 Å². The number of hydrogen-bond acceptors (Lipinski definition) is 2. The summed E-state index contributed by atoms with van der Waals surface area (Å²) in [7, 11) is 0. The van der Waals surface area contributed by atoms with Crippen molar-refractivity contribution in [2.75, 3.05) is 0 Å². The molecule has 0 fully saturated rings. The molecule has 41 heavy (non-hydrogen) atoms. The number of pyridine rings is 2. The average molecular weight is 707 g/mol. The van der Waals surface area contributed by atoms with E-state index in [0.717, 1.165) is 28.2 Å².